The summed E-state index contributed by atoms with van der Waals surface area (Å²) >= 11 is 6.48. The van der Waals surface area contributed by atoms with Crippen LogP contribution in [0.1, 0.15) is 46.1 Å². The monoisotopic (exact) mass is 487 g/mol. The molecule has 0 aliphatic carbocycles. The summed E-state index contributed by atoms with van der Waals surface area (Å²) in [5.41, 5.74) is 5.24. The molecule has 0 spiro atoms. The number of para-hydroxylation sites is 1. The number of aromatic nitrogens is 4. The van der Waals surface area contributed by atoms with E-state index in [1.54, 1.807) is 16.7 Å². The number of fused-ring (bicyclic) bond motifs is 1. The van der Waals surface area contributed by atoms with Crippen LogP contribution in [0.3, 0.4) is 0 Å². The molecule has 0 bridgehead atoms. The molecule has 35 heavy (non-hydrogen) atoms. The molecule has 2 aromatic heterocycles. The number of nitrogens with zero attached hydrogens (tertiary/aromatic N) is 5. The Morgan fingerprint density at radius 2 is 1.71 bits per heavy atom. The van der Waals surface area contributed by atoms with Gasteiger partial charge in [0.1, 0.15) is 11.6 Å². The summed E-state index contributed by atoms with van der Waals surface area (Å²) in [5, 5.41) is 5.46. The number of ether oxygens (including phenoxy) is 1. The van der Waals surface area contributed by atoms with Crippen molar-refractivity contribution in [3.05, 3.63) is 93.4 Å². The maximum Gasteiger partial charge on any atom is 0.252 e. The fourth-order valence-electron chi connectivity index (χ4n) is 4.82. The number of benzene rings is 2. The van der Waals surface area contributed by atoms with Gasteiger partial charge < -0.3 is 4.74 Å². The van der Waals surface area contributed by atoms with Gasteiger partial charge in [0.25, 0.3) is 5.95 Å². The topological polar surface area (TPSA) is 73.1 Å². The molecule has 0 unspecified atom stereocenters. The zero-order valence-electron chi connectivity index (χ0n) is 20.1. The molecule has 2 aromatic carbocycles. The lowest BCUT2D eigenvalue weighted by atomic mass is 9.84. The maximum atomic E-state index is 13.7. The molecule has 1 atom stereocenters. The van der Waals surface area contributed by atoms with Gasteiger partial charge in [0.15, 0.2) is 0 Å². The summed E-state index contributed by atoms with van der Waals surface area (Å²) in [6.45, 7) is 6.13. The highest BCUT2D eigenvalue weighted by Gasteiger charge is 2.39. The molecular weight excluding hydrogens is 462 g/mol. The van der Waals surface area contributed by atoms with E-state index in [0.717, 1.165) is 39.5 Å². The molecule has 1 amide bonds. The van der Waals surface area contributed by atoms with Crippen molar-refractivity contribution in [2.24, 2.45) is 0 Å². The number of hydrogen-bond donors (Lipinski definition) is 0. The van der Waals surface area contributed by atoms with Crippen LogP contribution in [0.15, 0.2) is 54.6 Å². The summed E-state index contributed by atoms with van der Waals surface area (Å²) in [6.07, 6.45) is 0.290. The highest BCUT2D eigenvalue weighted by molar-refractivity contribution is 6.31. The van der Waals surface area contributed by atoms with E-state index >= 15 is 0 Å². The average Bonchev–Trinajstić information content (AvgIpc) is 3.18. The Kier molecular flexibility index (Phi) is 6.03. The Balaban J connectivity index is 1.74. The second kappa shape index (κ2) is 9.15. The first-order valence-corrected chi connectivity index (χ1v) is 11.8. The van der Waals surface area contributed by atoms with Gasteiger partial charge in [-0.15, -0.1) is 0 Å². The number of aryl methyl sites for hydroxylation is 3. The minimum atomic E-state index is -0.212. The van der Waals surface area contributed by atoms with Crippen LogP contribution in [0.4, 0.5) is 5.82 Å². The van der Waals surface area contributed by atoms with Crippen LogP contribution in [0.25, 0.3) is 5.95 Å². The minimum absolute atomic E-state index is 0.0288. The molecule has 8 heteroatoms. The van der Waals surface area contributed by atoms with E-state index in [4.69, 9.17) is 21.4 Å². The van der Waals surface area contributed by atoms with Crippen molar-refractivity contribution >= 4 is 23.3 Å². The molecular formula is C27H26ClN5O2. The molecule has 3 heterocycles. The molecule has 0 fully saturated rings. The molecule has 0 radical (unpaired) electrons. The van der Waals surface area contributed by atoms with Gasteiger partial charge in [-0.3, -0.25) is 9.69 Å². The molecule has 1 aliphatic heterocycles. The van der Waals surface area contributed by atoms with Crippen molar-refractivity contribution in [2.45, 2.75) is 39.7 Å². The number of anilines is 1. The molecule has 4 aromatic rings. The summed E-state index contributed by atoms with van der Waals surface area (Å²) in [6, 6.07) is 17.3. The van der Waals surface area contributed by atoms with Gasteiger partial charge in [-0.25, -0.2) is 9.97 Å². The largest absolute Gasteiger partial charge is 0.496 e. The number of methoxy groups -OCH3 is 1. The standard InChI is InChI=1S/C27H26ClN5O2/c1-16-13-17(2)30-27(29-16)33-26-25(18(3)31-33)21(20-10-6-8-12-23(20)35-4)14-24(34)32(26)15-19-9-5-7-11-22(19)28/h5-13,21H,14-15H2,1-4H3/t21-/m0/s1. The summed E-state index contributed by atoms with van der Waals surface area (Å²) in [7, 11) is 1.65. The lowest BCUT2D eigenvalue weighted by Gasteiger charge is -2.33. The van der Waals surface area contributed by atoms with Gasteiger partial charge in [-0.05, 0) is 44.5 Å². The highest BCUT2D eigenvalue weighted by atomic mass is 35.5. The lowest BCUT2D eigenvalue weighted by molar-refractivity contribution is -0.119. The van der Waals surface area contributed by atoms with E-state index < -0.39 is 0 Å². The van der Waals surface area contributed by atoms with Crippen LogP contribution in [0.2, 0.25) is 5.02 Å². The van der Waals surface area contributed by atoms with Crippen LogP contribution in [0.5, 0.6) is 5.75 Å². The Morgan fingerprint density at radius 1 is 1.03 bits per heavy atom. The third kappa shape index (κ3) is 4.17. The molecule has 178 valence electrons. The van der Waals surface area contributed by atoms with Crippen molar-refractivity contribution in [1.82, 2.24) is 19.7 Å². The van der Waals surface area contributed by atoms with E-state index in [0.29, 0.717) is 23.3 Å². The summed E-state index contributed by atoms with van der Waals surface area (Å²) in [5.74, 6) is 1.60. The minimum Gasteiger partial charge on any atom is -0.496 e. The third-order valence-corrected chi connectivity index (χ3v) is 6.69. The van der Waals surface area contributed by atoms with Crippen molar-refractivity contribution in [3.63, 3.8) is 0 Å². The van der Waals surface area contributed by atoms with Gasteiger partial charge in [0, 0.05) is 39.9 Å². The van der Waals surface area contributed by atoms with Crippen molar-refractivity contribution < 1.29 is 9.53 Å². The zero-order valence-corrected chi connectivity index (χ0v) is 20.9. The first-order chi connectivity index (χ1) is 16.9. The Bertz CT molecular complexity index is 1410. The van der Waals surface area contributed by atoms with Crippen molar-refractivity contribution in [1.29, 1.82) is 0 Å². The average molecular weight is 488 g/mol. The maximum absolute atomic E-state index is 13.7. The quantitative estimate of drug-likeness (QED) is 0.381. The van der Waals surface area contributed by atoms with Crippen LogP contribution in [-0.2, 0) is 11.3 Å². The molecule has 1 aliphatic rings. The van der Waals surface area contributed by atoms with E-state index in [-0.39, 0.29) is 18.2 Å². The number of rotatable bonds is 5. The van der Waals surface area contributed by atoms with Gasteiger partial charge in [0.05, 0.1) is 19.3 Å². The number of carbonyl (C=O) groups is 1. The first-order valence-electron chi connectivity index (χ1n) is 11.5. The lowest BCUT2D eigenvalue weighted by Crippen LogP contribution is -2.38. The summed E-state index contributed by atoms with van der Waals surface area (Å²) < 4.78 is 7.35. The van der Waals surface area contributed by atoms with E-state index in [1.165, 1.54) is 0 Å². The number of amides is 1. The van der Waals surface area contributed by atoms with Crippen LogP contribution in [-0.4, -0.2) is 32.8 Å². The van der Waals surface area contributed by atoms with Crippen LogP contribution >= 0.6 is 11.6 Å². The van der Waals surface area contributed by atoms with Crippen LogP contribution in [0, 0.1) is 20.8 Å². The smallest absolute Gasteiger partial charge is 0.252 e. The van der Waals surface area contributed by atoms with Gasteiger partial charge in [-0.1, -0.05) is 48.0 Å². The Hall–Kier alpha value is -3.71. The van der Waals surface area contributed by atoms with Gasteiger partial charge >= 0.3 is 0 Å². The highest BCUT2D eigenvalue weighted by Crippen LogP contribution is 2.45. The Morgan fingerprint density at radius 3 is 2.43 bits per heavy atom. The third-order valence-electron chi connectivity index (χ3n) is 6.33. The summed E-state index contributed by atoms with van der Waals surface area (Å²) in [4.78, 5) is 24.8. The second-order valence-corrected chi connectivity index (χ2v) is 9.16. The van der Waals surface area contributed by atoms with Gasteiger partial charge in [0.2, 0.25) is 5.91 Å². The number of carbonyl (C=O) groups excluding carboxylic acids is 1. The fraction of sp³-hybridized carbons (Fsp3) is 0.259. The SMILES string of the molecule is COc1ccccc1[C@@H]1CC(=O)N(Cc2ccccc2Cl)c2c1c(C)nn2-c1nc(C)cc(C)n1. The van der Waals surface area contributed by atoms with Gasteiger partial charge in [-0.2, -0.15) is 9.78 Å². The van der Waals surface area contributed by atoms with Crippen molar-refractivity contribution in [2.75, 3.05) is 12.0 Å². The van der Waals surface area contributed by atoms with E-state index in [1.807, 2.05) is 75.4 Å². The first kappa shape index (κ1) is 23.1. The predicted molar refractivity (Wildman–Crippen MR) is 135 cm³/mol. The Labute approximate surface area is 209 Å². The van der Waals surface area contributed by atoms with Crippen molar-refractivity contribution in [3.8, 4) is 11.7 Å². The molecule has 0 saturated heterocycles. The number of hydrogen-bond acceptors (Lipinski definition) is 5. The number of halogens is 1. The normalized spacial score (nSPS) is 15.3. The van der Waals surface area contributed by atoms with Crippen LogP contribution < -0.4 is 9.64 Å². The van der Waals surface area contributed by atoms with E-state index in [9.17, 15) is 4.79 Å². The molecule has 5 rings (SSSR count). The second-order valence-electron chi connectivity index (χ2n) is 8.76. The molecule has 0 N–H and O–H groups in total. The predicted octanol–water partition coefficient (Wildman–Crippen LogP) is 5.32. The fourth-order valence-corrected chi connectivity index (χ4v) is 5.02. The zero-order chi connectivity index (χ0) is 24.7. The van der Waals surface area contributed by atoms with E-state index in [2.05, 4.69) is 9.97 Å². The molecule has 7 nitrogen and oxygen atoms in total. The molecule has 0 saturated carbocycles.